The predicted molar refractivity (Wildman–Crippen MR) is 68.7 cm³/mol. The SMILES string of the molecule is CO[C@H]1CC[C@H](C(=O)Nc2cccc(Br)n2)C1. The van der Waals surface area contributed by atoms with E-state index in [0.717, 1.165) is 23.9 Å². The van der Waals surface area contributed by atoms with Crippen molar-refractivity contribution >= 4 is 27.7 Å². The van der Waals surface area contributed by atoms with Crippen molar-refractivity contribution in [2.45, 2.75) is 25.4 Å². The summed E-state index contributed by atoms with van der Waals surface area (Å²) in [5.74, 6) is 0.668. The van der Waals surface area contributed by atoms with Gasteiger partial charge in [0.05, 0.1) is 6.10 Å². The standard InChI is InChI=1S/C12H15BrN2O2/c1-17-9-6-5-8(7-9)12(16)15-11-4-2-3-10(13)14-11/h2-4,8-9H,5-7H2,1H3,(H,14,15,16)/t8-,9-/m0/s1. The zero-order valence-corrected chi connectivity index (χ0v) is 11.2. The van der Waals surface area contributed by atoms with Gasteiger partial charge in [-0.3, -0.25) is 4.79 Å². The zero-order chi connectivity index (χ0) is 12.3. The fourth-order valence-corrected chi connectivity index (χ4v) is 2.44. The van der Waals surface area contributed by atoms with E-state index < -0.39 is 0 Å². The van der Waals surface area contributed by atoms with Crippen molar-refractivity contribution in [3.05, 3.63) is 22.8 Å². The van der Waals surface area contributed by atoms with Gasteiger partial charge in [-0.1, -0.05) is 6.07 Å². The molecule has 0 aliphatic heterocycles. The molecule has 2 atom stereocenters. The molecule has 0 bridgehead atoms. The van der Waals surface area contributed by atoms with E-state index in [4.69, 9.17) is 4.74 Å². The Balaban J connectivity index is 1.93. The van der Waals surface area contributed by atoms with Gasteiger partial charge in [0.15, 0.2) is 0 Å². The zero-order valence-electron chi connectivity index (χ0n) is 9.65. The second kappa shape index (κ2) is 5.60. The highest BCUT2D eigenvalue weighted by Crippen LogP contribution is 2.28. The molecule has 17 heavy (non-hydrogen) atoms. The van der Waals surface area contributed by atoms with Gasteiger partial charge in [0.25, 0.3) is 0 Å². The van der Waals surface area contributed by atoms with Gasteiger partial charge in [-0.05, 0) is 47.3 Å². The Morgan fingerprint density at radius 3 is 3.00 bits per heavy atom. The Kier molecular flexibility index (Phi) is 4.12. The van der Waals surface area contributed by atoms with E-state index in [-0.39, 0.29) is 17.9 Å². The van der Waals surface area contributed by atoms with Crippen LogP contribution in [0.4, 0.5) is 5.82 Å². The highest BCUT2D eigenvalue weighted by atomic mass is 79.9. The van der Waals surface area contributed by atoms with Gasteiger partial charge in [0, 0.05) is 13.0 Å². The van der Waals surface area contributed by atoms with Crippen LogP contribution in [0.1, 0.15) is 19.3 Å². The number of halogens is 1. The summed E-state index contributed by atoms with van der Waals surface area (Å²) >= 11 is 3.27. The molecular formula is C12H15BrN2O2. The third-order valence-electron chi connectivity index (χ3n) is 3.06. The Hall–Kier alpha value is -0.940. The third-order valence-corrected chi connectivity index (χ3v) is 3.50. The van der Waals surface area contributed by atoms with Gasteiger partial charge >= 0.3 is 0 Å². The number of ether oxygens (including phenoxy) is 1. The predicted octanol–water partition coefficient (Wildman–Crippen LogP) is 2.60. The highest BCUT2D eigenvalue weighted by molar-refractivity contribution is 9.10. The van der Waals surface area contributed by atoms with E-state index in [0.29, 0.717) is 5.82 Å². The third kappa shape index (κ3) is 3.26. The molecule has 1 N–H and O–H groups in total. The number of aromatic nitrogens is 1. The van der Waals surface area contributed by atoms with Gasteiger partial charge in [-0.25, -0.2) is 4.98 Å². The van der Waals surface area contributed by atoms with Gasteiger partial charge < -0.3 is 10.1 Å². The first kappa shape index (κ1) is 12.5. The summed E-state index contributed by atoms with van der Waals surface area (Å²) in [6.45, 7) is 0. The summed E-state index contributed by atoms with van der Waals surface area (Å²) in [5, 5.41) is 2.83. The lowest BCUT2D eigenvalue weighted by atomic mass is 10.1. The molecule has 1 saturated carbocycles. The number of hydrogen-bond donors (Lipinski definition) is 1. The van der Waals surface area contributed by atoms with Crippen molar-refractivity contribution < 1.29 is 9.53 Å². The van der Waals surface area contributed by atoms with Crippen molar-refractivity contribution in [2.24, 2.45) is 5.92 Å². The number of carbonyl (C=O) groups is 1. The molecule has 0 unspecified atom stereocenters. The molecular weight excluding hydrogens is 284 g/mol. The van der Waals surface area contributed by atoms with Crippen LogP contribution in [0, 0.1) is 5.92 Å². The maximum Gasteiger partial charge on any atom is 0.228 e. The van der Waals surface area contributed by atoms with Crippen LogP contribution in [0.15, 0.2) is 22.8 Å². The van der Waals surface area contributed by atoms with Crippen LogP contribution in [0.5, 0.6) is 0 Å². The Bertz CT molecular complexity index is 411. The van der Waals surface area contributed by atoms with Crippen molar-refractivity contribution in [3.63, 3.8) is 0 Å². The van der Waals surface area contributed by atoms with Crippen LogP contribution >= 0.6 is 15.9 Å². The number of anilines is 1. The summed E-state index contributed by atoms with van der Waals surface area (Å²) in [6, 6.07) is 5.46. The van der Waals surface area contributed by atoms with E-state index in [9.17, 15) is 4.79 Å². The van der Waals surface area contributed by atoms with Crippen molar-refractivity contribution in [3.8, 4) is 0 Å². The largest absolute Gasteiger partial charge is 0.381 e. The molecule has 5 heteroatoms. The quantitative estimate of drug-likeness (QED) is 0.873. The number of nitrogens with zero attached hydrogens (tertiary/aromatic N) is 1. The molecule has 4 nitrogen and oxygen atoms in total. The molecule has 1 aromatic heterocycles. The highest BCUT2D eigenvalue weighted by Gasteiger charge is 2.29. The Morgan fingerprint density at radius 1 is 1.53 bits per heavy atom. The summed E-state index contributed by atoms with van der Waals surface area (Å²) in [7, 11) is 1.70. The van der Waals surface area contributed by atoms with Crippen LogP contribution in [0.3, 0.4) is 0 Å². The molecule has 1 aliphatic carbocycles. The molecule has 1 amide bonds. The van der Waals surface area contributed by atoms with Gasteiger partial charge in [0.2, 0.25) is 5.91 Å². The molecule has 1 fully saturated rings. The maximum atomic E-state index is 12.0. The number of methoxy groups -OCH3 is 1. The number of amides is 1. The normalized spacial score (nSPS) is 23.6. The van der Waals surface area contributed by atoms with Crippen molar-refractivity contribution in [1.29, 1.82) is 0 Å². The molecule has 2 rings (SSSR count). The first-order valence-corrected chi connectivity index (χ1v) is 6.44. The minimum atomic E-state index is 0.0372. The summed E-state index contributed by atoms with van der Waals surface area (Å²) in [5.41, 5.74) is 0. The molecule has 1 aromatic rings. The van der Waals surface area contributed by atoms with E-state index in [1.54, 1.807) is 13.2 Å². The topological polar surface area (TPSA) is 51.2 Å². The van der Waals surface area contributed by atoms with Crippen LogP contribution in [0.25, 0.3) is 0 Å². The fraction of sp³-hybridized carbons (Fsp3) is 0.500. The first-order chi connectivity index (χ1) is 8.19. The number of nitrogens with one attached hydrogen (secondary N) is 1. The average Bonchev–Trinajstić information content (AvgIpc) is 2.77. The molecule has 1 heterocycles. The lowest BCUT2D eigenvalue weighted by Crippen LogP contribution is -2.22. The first-order valence-electron chi connectivity index (χ1n) is 5.65. The molecule has 0 spiro atoms. The van der Waals surface area contributed by atoms with Crippen LogP contribution in [0.2, 0.25) is 0 Å². The maximum absolute atomic E-state index is 12.0. The molecule has 92 valence electrons. The van der Waals surface area contributed by atoms with Gasteiger partial charge in [0.1, 0.15) is 10.4 Å². The lowest BCUT2D eigenvalue weighted by Gasteiger charge is -2.10. The number of rotatable bonds is 3. The smallest absolute Gasteiger partial charge is 0.228 e. The summed E-state index contributed by atoms with van der Waals surface area (Å²) < 4.78 is 5.98. The van der Waals surface area contributed by atoms with E-state index >= 15 is 0 Å². The van der Waals surface area contributed by atoms with Gasteiger partial charge in [-0.15, -0.1) is 0 Å². The Labute approximate surface area is 109 Å². The second-order valence-electron chi connectivity index (χ2n) is 4.20. The fourth-order valence-electron chi connectivity index (χ4n) is 2.10. The molecule has 0 aromatic carbocycles. The summed E-state index contributed by atoms with van der Waals surface area (Å²) in [4.78, 5) is 16.1. The number of hydrogen-bond acceptors (Lipinski definition) is 3. The van der Waals surface area contributed by atoms with Crippen LogP contribution in [-0.4, -0.2) is 24.1 Å². The van der Waals surface area contributed by atoms with E-state index in [2.05, 4.69) is 26.2 Å². The molecule has 0 saturated heterocycles. The number of pyridine rings is 1. The number of carbonyl (C=O) groups excluding carboxylic acids is 1. The van der Waals surface area contributed by atoms with Crippen LogP contribution in [-0.2, 0) is 9.53 Å². The van der Waals surface area contributed by atoms with E-state index in [1.807, 2.05) is 12.1 Å². The molecule has 0 radical (unpaired) electrons. The van der Waals surface area contributed by atoms with Crippen molar-refractivity contribution in [2.75, 3.05) is 12.4 Å². The van der Waals surface area contributed by atoms with Crippen molar-refractivity contribution in [1.82, 2.24) is 4.98 Å². The molecule has 1 aliphatic rings. The van der Waals surface area contributed by atoms with E-state index in [1.165, 1.54) is 0 Å². The minimum absolute atomic E-state index is 0.0372. The van der Waals surface area contributed by atoms with Crippen LogP contribution < -0.4 is 5.32 Å². The Morgan fingerprint density at radius 2 is 2.35 bits per heavy atom. The minimum Gasteiger partial charge on any atom is -0.381 e. The lowest BCUT2D eigenvalue weighted by molar-refractivity contribution is -0.120. The monoisotopic (exact) mass is 298 g/mol. The summed E-state index contributed by atoms with van der Waals surface area (Å²) in [6.07, 6.45) is 2.87. The average molecular weight is 299 g/mol. The second-order valence-corrected chi connectivity index (χ2v) is 5.01. The van der Waals surface area contributed by atoms with Gasteiger partial charge in [-0.2, -0.15) is 0 Å².